The van der Waals surface area contributed by atoms with Crippen LogP contribution in [0.3, 0.4) is 0 Å². The summed E-state index contributed by atoms with van der Waals surface area (Å²) in [6.07, 6.45) is 0.375. The first-order chi connectivity index (χ1) is 12.6. The van der Waals surface area contributed by atoms with Crippen LogP contribution in [0.1, 0.15) is 25.0 Å². The summed E-state index contributed by atoms with van der Waals surface area (Å²) < 4.78 is 63.7. The third-order valence-electron chi connectivity index (χ3n) is 4.56. The molecule has 1 heterocycles. The van der Waals surface area contributed by atoms with E-state index in [9.17, 15) is 17.2 Å². The molecule has 2 unspecified atom stereocenters. The van der Waals surface area contributed by atoms with Crippen LogP contribution in [0.5, 0.6) is 5.75 Å². The van der Waals surface area contributed by atoms with Gasteiger partial charge < -0.3 is 9.26 Å². The number of benzene rings is 1. The zero-order chi connectivity index (χ0) is 19.7. The molecule has 1 fully saturated rings. The zero-order valence-electron chi connectivity index (χ0n) is 15.1. The predicted molar refractivity (Wildman–Crippen MR) is 96.2 cm³/mol. The fraction of sp³-hybridized carbons (Fsp3) is 0.500. The van der Waals surface area contributed by atoms with E-state index >= 15 is 0 Å². The van der Waals surface area contributed by atoms with Crippen molar-refractivity contribution in [3.63, 3.8) is 0 Å². The van der Waals surface area contributed by atoms with Crippen molar-refractivity contribution in [1.29, 1.82) is 0 Å². The molecule has 0 radical (unpaired) electrons. The van der Waals surface area contributed by atoms with Gasteiger partial charge in [0.1, 0.15) is 17.2 Å². The number of hydrogen-bond donors (Lipinski definition) is 1. The van der Waals surface area contributed by atoms with Crippen molar-refractivity contribution in [3.05, 3.63) is 36.1 Å². The van der Waals surface area contributed by atoms with Crippen LogP contribution in [0.4, 0.5) is 8.78 Å². The number of nitrogens with one attached hydrogen (secondary N) is 1. The van der Waals surface area contributed by atoms with Crippen LogP contribution < -0.4 is 9.46 Å². The maximum Gasteiger partial charge on any atom is 0.248 e. The Hall–Kier alpha value is -2.00. The van der Waals surface area contributed by atoms with Crippen LogP contribution in [-0.2, 0) is 10.0 Å². The third kappa shape index (κ3) is 5.49. The summed E-state index contributed by atoms with van der Waals surface area (Å²) in [6, 6.07) is 8.29. The minimum atomic E-state index is -3.48. The van der Waals surface area contributed by atoms with E-state index in [2.05, 4.69) is 9.88 Å². The van der Waals surface area contributed by atoms with Crippen molar-refractivity contribution in [1.82, 2.24) is 9.88 Å². The van der Waals surface area contributed by atoms with E-state index < -0.39 is 34.3 Å². The number of alkyl halides is 2. The predicted octanol–water partition coefficient (Wildman–Crippen LogP) is 3.38. The van der Waals surface area contributed by atoms with Gasteiger partial charge in [0.25, 0.3) is 0 Å². The van der Waals surface area contributed by atoms with Crippen molar-refractivity contribution < 1.29 is 26.5 Å². The second kappa shape index (κ2) is 7.55. The Bertz CT molecular complexity index is 881. The summed E-state index contributed by atoms with van der Waals surface area (Å²) in [6.45, 7) is 1.81. The maximum atomic E-state index is 13.8. The van der Waals surface area contributed by atoms with Gasteiger partial charge in [-0.3, -0.25) is 0 Å². The summed E-state index contributed by atoms with van der Waals surface area (Å²) >= 11 is 0. The van der Waals surface area contributed by atoms with Crippen LogP contribution in [0.25, 0.3) is 11.3 Å². The van der Waals surface area contributed by atoms with E-state index in [1.807, 2.05) is 0 Å². The lowest BCUT2D eigenvalue weighted by molar-refractivity contribution is -0.0660. The molecule has 0 amide bonds. The summed E-state index contributed by atoms with van der Waals surface area (Å²) in [5.74, 6) is -2.20. The highest BCUT2D eigenvalue weighted by Gasteiger charge is 2.42. The Labute approximate surface area is 156 Å². The van der Waals surface area contributed by atoms with Crippen molar-refractivity contribution in [3.8, 4) is 17.0 Å². The van der Waals surface area contributed by atoms with Gasteiger partial charge in [-0.25, -0.2) is 21.9 Å². The fourth-order valence-electron chi connectivity index (χ4n) is 3.26. The van der Waals surface area contributed by atoms with Crippen molar-refractivity contribution in [2.75, 3.05) is 12.9 Å². The van der Waals surface area contributed by atoms with E-state index in [4.69, 9.17) is 9.26 Å². The van der Waals surface area contributed by atoms with Gasteiger partial charge in [0.05, 0.1) is 12.9 Å². The number of ether oxygens (including phenoxy) is 1. The second-order valence-electron chi connectivity index (χ2n) is 7.01. The molecule has 1 N–H and O–H groups in total. The molecule has 1 saturated carbocycles. The molecule has 0 spiro atoms. The van der Waals surface area contributed by atoms with Gasteiger partial charge in [-0.05, 0) is 37.6 Å². The second-order valence-corrected chi connectivity index (χ2v) is 8.79. The minimum absolute atomic E-state index is 0.00515. The Morgan fingerprint density at radius 2 is 2.04 bits per heavy atom. The van der Waals surface area contributed by atoms with Crippen LogP contribution in [0.2, 0.25) is 0 Å². The zero-order valence-corrected chi connectivity index (χ0v) is 15.9. The van der Waals surface area contributed by atoms with Crippen LogP contribution in [0.15, 0.2) is 34.9 Å². The van der Waals surface area contributed by atoms with E-state index in [1.54, 1.807) is 37.3 Å². The monoisotopic (exact) mass is 400 g/mol. The van der Waals surface area contributed by atoms with Gasteiger partial charge in [0.2, 0.25) is 15.9 Å². The Balaban J connectivity index is 1.65. The van der Waals surface area contributed by atoms with Gasteiger partial charge in [-0.1, -0.05) is 5.16 Å². The van der Waals surface area contributed by atoms with Crippen LogP contribution in [0, 0.1) is 12.8 Å². The normalized spacial score (nSPS) is 22.5. The van der Waals surface area contributed by atoms with E-state index in [1.165, 1.54) is 0 Å². The van der Waals surface area contributed by atoms with Crippen LogP contribution in [-0.4, -0.2) is 38.4 Å². The average Bonchev–Trinajstić information content (AvgIpc) is 3.01. The SMILES string of the molecule is Cc1cc(-c2ccc(OCC3CC(F)(F)CCC3NS(C)(=O)=O)cc2)no1. The number of halogens is 2. The molecule has 27 heavy (non-hydrogen) atoms. The van der Waals surface area contributed by atoms with E-state index in [0.29, 0.717) is 17.2 Å². The van der Waals surface area contributed by atoms with Crippen molar-refractivity contribution in [2.45, 2.75) is 38.2 Å². The quantitative estimate of drug-likeness (QED) is 0.804. The first-order valence-corrected chi connectivity index (χ1v) is 10.5. The number of sulfonamides is 1. The molecule has 0 bridgehead atoms. The highest BCUT2D eigenvalue weighted by Crippen LogP contribution is 2.37. The highest BCUT2D eigenvalue weighted by atomic mass is 32.2. The summed E-state index contributed by atoms with van der Waals surface area (Å²) in [5.41, 5.74) is 1.54. The summed E-state index contributed by atoms with van der Waals surface area (Å²) in [4.78, 5) is 0. The largest absolute Gasteiger partial charge is 0.493 e. The van der Waals surface area contributed by atoms with Gasteiger partial charge in [-0.2, -0.15) is 0 Å². The molecular weight excluding hydrogens is 378 g/mol. The standard InChI is InChI=1S/C18H22F2N2O4S/c1-12-9-17(21-26-12)13-3-5-15(6-4-13)25-11-14-10-18(19,20)8-7-16(14)22-27(2,23)24/h3-6,9,14,16,22H,7-8,10-11H2,1-2H3. The van der Waals surface area contributed by atoms with Gasteiger partial charge in [-0.15, -0.1) is 0 Å². The first kappa shape index (κ1) is 19.8. The van der Waals surface area contributed by atoms with E-state index in [-0.39, 0.29) is 19.4 Å². The number of hydrogen-bond acceptors (Lipinski definition) is 5. The molecule has 1 aliphatic carbocycles. The molecule has 0 saturated heterocycles. The molecule has 1 aliphatic rings. The number of rotatable bonds is 6. The number of aryl methyl sites for hydroxylation is 1. The number of nitrogens with zero attached hydrogens (tertiary/aromatic N) is 1. The fourth-order valence-corrected chi connectivity index (χ4v) is 4.12. The molecule has 3 rings (SSSR count). The highest BCUT2D eigenvalue weighted by molar-refractivity contribution is 7.88. The Morgan fingerprint density at radius 3 is 2.63 bits per heavy atom. The minimum Gasteiger partial charge on any atom is -0.493 e. The molecule has 1 aromatic carbocycles. The van der Waals surface area contributed by atoms with Gasteiger partial charge in [0, 0.05) is 36.4 Å². The molecule has 6 nitrogen and oxygen atoms in total. The van der Waals surface area contributed by atoms with Crippen molar-refractivity contribution in [2.24, 2.45) is 5.92 Å². The Kier molecular flexibility index (Phi) is 5.53. The lowest BCUT2D eigenvalue weighted by atomic mass is 9.83. The summed E-state index contributed by atoms with van der Waals surface area (Å²) in [5, 5.41) is 3.93. The third-order valence-corrected chi connectivity index (χ3v) is 5.29. The van der Waals surface area contributed by atoms with Crippen LogP contribution >= 0.6 is 0 Å². The molecule has 148 valence electrons. The molecule has 0 aliphatic heterocycles. The molecule has 1 aromatic heterocycles. The molecular formula is C18H22F2N2O4S. The Morgan fingerprint density at radius 1 is 1.33 bits per heavy atom. The molecule has 9 heteroatoms. The summed E-state index contributed by atoms with van der Waals surface area (Å²) in [7, 11) is -3.48. The van der Waals surface area contributed by atoms with Gasteiger partial charge in [0.15, 0.2) is 0 Å². The maximum absolute atomic E-state index is 13.8. The van der Waals surface area contributed by atoms with Gasteiger partial charge >= 0.3 is 0 Å². The van der Waals surface area contributed by atoms with Crippen molar-refractivity contribution >= 4 is 10.0 Å². The lowest BCUT2D eigenvalue weighted by Crippen LogP contribution is -2.48. The first-order valence-electron chi connectivity index (χ1n) is 8.63. The molecule has 2 aromatic rings. The number of aromatic nitrogens is 1. The molecule has 2 atom stereocenters. The lowest BCUT2D eigenvalue weighted by Gasteiger charge is -2.35. The average molecular weight is 400 g/mol. The topological polar surface area (TPSA) is 81.4 Å². The van der Waals surface area contributed by atoms with E-state index in [0.717, 1.165) is 11.8 Å². The smallest absolute Gasteiger partial charge is 0.248 e.